The van der Waals surface area contributed by atoms with Crippen LogP contribution in [0.25, 0.3) is 11.2 Å². The van der Waals surface area contributed by atoms with Gasteiger partial charge < -0.3 is 8.98 Å². The van der Waals surface area contributed by atoms with E-state index in [2.05, 4.69) is 10.1 Å². The third-order valence-corrected chi connectivity index (χ3v) is 6.34. The number of thiophene rings is 1. The van der Waals surface area contributed by atoms with Crippen LogP contribution in [0.3, 0.4) is 0 Å². The van der Waals surface area contributed by atoms with Crippen molar-refractivity contribution in [1.82, 2.24) is 23.7 Å². The summed E-state index contributed by atoms with van der Waals surface area (Å²) >= 11 is 1.55. The fourth-order valence-electron chi connectivity index (χ4n) is 3.77. The van der Waals surface area contributed by atoms with E-state index in [1.165, 1.54) is 34.6 Å². The molecule has 0 aromatic carbocycles. The first-order chi connectivity index (χ1) is 15.0. The third kappa shape index (κ3) is 3.05. The molecule has 0 N–H and O–H groups in total. The summed E-state index contributed by atoms with van der Waals surface area (Å²) in [4.78, 5) is 43.3. The maximum absolute atomic E-state index is 13.3. The Morgan fingerprint density at radius 2 is 2.06 bits per heavy atom. The summed E-state index contributed by atoms with van der Waals surface area (Å²) in [7, 11) is 2.94. The summed E-state index contributed by atoms with van der Waals surface area (Å²) in [5, 5.41) is 7.94. The topological polar surface area (TPSA) is 108 Å². The van der Waals surface area contributed by atoms with Gasteiger partial charge in [-0.25, -0.2) is 14.8 Å². The highest BCUT2D eigenvalue weighted by molar-refractivity contribution is 7.10. The quantitative estimate of drug-likeness (QED) is 0.479. The molecule has 4 aromatic heterocycles. The molecule has 0 saturated carbocycles. The van der Waals surface area contributed by atoms with Crippen LogP contribution in [0, 0.1) is 0 Å². The Morgan fingerprint density at radius 1 is 1.23 bits per heavy atom. The number of furan rings is 1. The Balaban J connectivity index is 1.53. The Bertz CT molecular complexity index is 1420. The van der Waals surface area contributed by atoms with Gasteiger partial charge in [-0.1, -0.05) is 6.07 Å². The van der Waals surface area contributed by atoms with Gasteiger partial charge in [-0.2, -0.15) is 5.10 Å². The molecular formula is C20H18N6O4S. The Hall–Kier alpha value is -3.73. The standard InChI is InChI=1S/C20H18N6O4S/c1-23-18-17(19(28)24(2)20(23)29)25(11-21-18)10-16(27)26-13(15-6-4-8-31-15)9-12(22-26)14-5-3-7-30-14/h3-8,11,13H,9-10H2,1-2H3. The largest absolute Gasteiger partial charge is 0.463 e. The van der Waals surface area contributed by atoms with E-state index in [9.17, 15) is 14.4 Å². The van der Waals surface area contributed by atoms with Crippen LogP contribution in [0.1, 0.15) is 23.1 Å². The number of aromatic nitrogens is 4. The number of amides is 1. The number of hydrazone groups is 1. The zero-order chi connectivity index (χ0) is 21.7. The van der Waals surface area contributed by atoms with Gasteiger partial charge in [-0.15, -0.1) is 11.3 Å². The average Bonchev–Trinajstić information content (AvgIpc) is 3.54. The second-order valence-electron chi connectivity index (χ2n) is 7.25. The lowest BCUT2D eigenvalue weighted by Gasteiger charge is -2.21. The van der Waals surface area contributed by atoms with Crippen molar-refractivity contribution >= 4 is 34.1 Å². The molecule has 1 aliphatic rings. The first-order valence-electron chi connectivity index (χ1n) is 9.53. The number of hydrogen-bond acceptors (Lipinski definition) is 7. The van der Waals surface area contributed by atoms with Gasteiger partial charge in [0.1, 0.15) is 18.0 Å². The number of imidazole rings is 1. The molecule has 10 nitrogen and oxygen atoms in total. The number of carbonyl (C=O) groups is 1. The molecule has 0 aliphatic carbocycles. The van der Waals surface area contributed by atoms with Crippen molar-refractivity contribution in [3.8, 4) is 0 Å². The minimum absolute atomic E-state index is 0.138. The second-order valence-corrected chi connectivity index (χ2v) is 8.23. The lowest BCUT2D eigenvalue weighted by Crippen LogP contribution is -2.38. The molecule has 0 fully saturated rings. The lowest BCUT2D eigenvalue weighted by molar-refractivity contribution is -0.133. The molecule has 11 heteroatoms. The van der Waals surface area contributed by atoms with Crippen molar-refractivity contribution in [3.63, 3.8) is 0 Å². The van der Waals surface area contributed by atoms with E-state index in [-0.39, 0.29) is 29.7 Å². The summed E-state index contributed by atoms with van der Waals surface area (Å²) in [6.45, 7) is -0.138. The average molecular weight is 438 g/mol. The molecule has 0 saturated heterocycles. The first-order valence-corrected chi connectivity index (χ1v) is 10.4. The van der Waals surface area contributed by atoms with Crippen molar-refractivity contribution in [2.45, 2.75) is 19.0 Å². The molecule has 31 heavy (non-hydrogen) atoms. The molecule has 0 spiro atoms. The Labute approximate surface area is 179 Å². The number of hydrogen-bond donors (Lipinski definition) is 0. The second kappa shape index (κ2) is 7.20. The van der Waals surface area contributed by atoms with Crippen molar-refractivity contribution in [1.29, 1.82) is 0 Å². The van der Waals surface area contributed by atoms with E-state index < -0.39 is 11.2 Å². The molecular weight excluding hydrogens is 420 g/mol. The number of carbonyl (C=O) groups excluding carboxylic acids is 1. The highest BCUT2D eigenvalue weighted by atomic mass is 32.1. The van der Waals surface area contributed by atoms with E-state index in [4.69, 9.17) is 4.42 Å². The molecule has 4 aromatic rings. The van der Waals surface area contributed by atoms with Crippen LogP contribution in [0.4, 0.5) is 0 Å². The maximum atomic E-state index is 13.3. The number of rotatable bonds is 4. The Kier molecular flexibility index (Phi) is 4.47. The molecule has 1 amide bonds. The lowest BCUT2D eigenvalue weighted by atomic mass is 10.1. The van der Waals surface area contributed by atoms with Crippen LogP contribution in [0.15, 0.2) is 61.3 Å². The van der Waals surface area contributed by atoms with Crippen LogP contribution < -0.4 is 11.2 Å². The SMILES string of the molecule is Cn1c(=O)c2c(ncn2CC(=O)N2N=C(c3ccco3)CC2c2cccs2)n(C)c1=O. The summed E-state index contributed by atoms with van der Waals surface area (Å²) in [6, 6.07) is 7.23. The molecule has 1 unspecified atom stereocenters. The predicted molar refractivity (Wildman–Crippen MR) is 114 cm³/mol. The van der Waals surface area contributed by atoms with Crippen LogP contribution in [-0.2, 0) is 25.4 Å². The molecule has 5 rings (SSSR count). The van der Waals surface area contributed by atoms with Crippen LogP contribution in [0.2, 0.25) is 0 Å². The summed E-state index contributed by atoms with van der Waals surface area (Å²) in [5.41, 5.74) is 0.140. The van der Waals surface area contributed by atoms with E-state index in [0.29, 0.717) is 17.9 Å². The van der Waals surface area contributed by atoms with Gasteiger partial charge in [-0.3, -0.25) is 18.7 Å². The summed E-state index contributed by atoms with van der Waals surface area (Å²) in [5.74, 6) is 0.323. The van der Waals surface area contributed by atoms with Crippen LogP contribution in [-0.4, -0.2) is 35.3 Å². The smallest absolute Gasteiger partial charge is 0.332 e. The molecule has 5 heterocycles. The first kappa shape index (κ1) is 19.2. The zero-order valence-corrected chi connectivity index (χ0v) is 17.6. The summed E-state index contributed by atoms with van der Waals surface area (Å²) in [6.07, 6.45) is 3.50. The number of nitrogens with zero attached hydrogens (tertiary/aromatic N) is 6. The molecule has 0 bridgehead atoms. The van der Waals surface area contributed by atoms with Gasteiger partial charge in [-0.05, 0) is 23.6 Å². The molecule has 1 atom stereocenters. The van der Waals surface area contributed by atoms with Crippen LogP contribution in [0.5, 0.6) is 0 Å². The van der Waals surface area contributed by atoms with Crippen molar-refractivity contribution in [3.05, 3.63) is 73.7 Å². The van der Waals surface area contributed by atoms with Gasteiger partial charge >= 0.3 is 5.69 Å². The minimum atomic E-state index is -0.501. The van der Waals surface area contributed by atoms with Gasteiger partial charge in [0.15, 0.2) is 11.2 Å². The monoisotopic (exact) mass is 438 g/mol. The fourth-order valence-corrected chi connectivity index (χ4v) is 4.58. The summed E-state index contributed by atoms with van der Waals surface area (Å²) < 4.78 is 9.22. The highest BCUT2D eigenvalue weighted by Gasteiger charge is 2.35. The van der Waals surface area contributed by atoms with Gasteiger partial charge in [0.25, 0.3) is 11.5 Å². The predicted octanol–water partition coefficient (Wildman–Crippen LogP) is 1.47. The van der Waals surface area contributed by atoms with Crippen molar-refractivity contribution in [2.75, 3.05) is 0 Å². The number of aryl methyl sites for hydroxylation is 1. The van der Waals surface area contributed by atoms with Crippen molar-refractivity contribution < 1.29 is 9.21 Å². The van der Waals surface area contributed by atoms with Gasteiger partial charge in [0.05, 0.1) is 18.6 Å². The Morgan fingerprint density at radius 3 is 2.77 bits per heavy atom. The highest BCUT2D eigenvalue weighted by Crippen LogP contribution is 2.35. The molecule has 1 aliphatic heterocycles. The van der Waals surface area contributed by atoms with E-state index >= 15 is 0 Å². The molecule has 158 valence electrons. The van der Waals surface area contributed by atoms with Gasteiger partial charge in [0, 0.05) is 25.4 Å². The molecule has 0 radical (unpaired) electrons. The van der Waals surface area contributed by atoms with E-state index in [0.717, 1.165) is 9.44 Å². The fraction of sp³-hybridized carbons (Fsp3) is 0.250. The zero-order valence-electron chi connectivity index (χ0n) is 16.8. The van der Waals surface area contributed by atoms with Crippen LogP contribution >= 0.6 is 11.3 Å². The van der Waals surface area contributed by atoms with E-state index in [1.807, 2.05) is 23.6 Å². The normalized spacial score (nSPS) is 16.3. The maximum Gasteiger partial charge on any atom is 0.332 e. The number of fused-ring (bicyclic) bond motifs is 1. The van der Waals surface area contributed by atoms with Crippen molar-refractivity contribution in [2.24, 2.45) is 19.2 Å². The van der Waals surface area contributed by atoms with E-state index in [1.54, 1.807) is 23.7 Å². The minimum Gasteiger partial charge on any atom is -0.463 e. The van der Waals surface area contributed by atoms with Gasteiger partial charge in [0.2, 0.25) is 0 Å². The third-order valence-electron chi connectivity index (χ3n) is 5.37.